The number of amides is 4. The largest absolute Gasteiger partial charge is 0.501 e. The molecule has 10 rings (SSSR count). The monoisotopic (exact) mass is 1340 g/mol. The van der Waals surface area contributed by atoms with Crippen molar-refractivity contribution in [3.8, 4) is 0 Å². The Morgan fingerprint density at radius 3 is 2.14 bits per heavy atom. The summed E-state index contributed by atoms with van der Waals surface area (Å²) in [5.74, 6) is -0.679. The summed E-state index contributed by atoms with van der Waals surface area (Å²) in [6, 6.07) is 30.9. The number of hydrogen-bond donors (Lipinski definition) is 3. The predicted octanol–water partition coefficient (Wildman–Crippen LogP) is 11.6. The van der Waals surface area contributed by atoms with E-state index in [-0.39, 0.29) is 29.2 Å². The lowest BCUT2D eigenvalue weighted by Gasteiger charge is -2.39. The highest BCUT2D eigenvalue weighted by atomic mass is 35.5. The van der Waals surface area contributed by atoms with Gasteiger partial charge in [0.25, 0.3) is 31.7 Å². The molecule has 5 aromatic carbocycles. The van der Waals surface area contributed by atoms with Crippen LogP contribution in [0.15, 0.2) is 140 Å². The number of anilines is 2. The number of thioether (sulfide) groups is 2. The third-order valence-corrected chi connectivity index (χ3v) is 23.4. The Kier molecular flexibility index (Phi) is 22.4. The zero-order valence-electron chi connectivity index (χ0n) is 51.4. The van der Waals surface area contributed by atoms with Gasteiger partial charge in [-0.2, -0.15) is 13.2 Å². The van der Waals surface area contributed by atoms with Crippen molar-refractivity contribution in [1.29, 1.82) is 0 Å². The minimum Gasteiger partial charge on any atom is -0.380 e. The van der Waals surface area contributed by atoms with Crippen molar-refractivity contribution >= 4 is 95.6 Å². The van der Waals surface area contributed by atoms with Crippen LogP contribution in [-0.4, -0.2) is 161 Å². The molecular weight excluding hydrogens is 1270 g/mol. The SMILES string of the molecule is CC1(C)CCC(c2ccc(Cl)cc2)=C(CN2CCN(c3ccc(C(=O)NS(=O)(=O)c4ccc(N[C@H](CCN5CCN(CCCCCCCSc6cccc7c6CN(C6CCC(=O)NC6=O)C7=O)CC5)CSc5ccccc5)c(S(=O)(=O)C(F)(F)F)c4)cc3)CC2)C1. The number of benzene rings is 5. The number of piperidine rings is 1. The average molecular weight is 1350 g/mol. The van der Waals surface area contributed by atoms with Gasteiger partial charge in [-0.15, -0.1) is 23.5 Å². The molecule has 0 radical (unpaired) electrons. The fraction of sp³-hybridized carbons (Fsp3) is 0.463. The molecule has 4 heterocycles. The molecule has 1 aliphatic carbocycles. The molecule has 4 amide bonds. The summed E-state index contributed by atoms with van der Waals surface area (Å²) in [5, 5.41) is 6.14. The van der Waals surface area contributed by atoms with Crippen molar-refractivity contribution < 1.29 is 49.2 Å². The first kappa shape index (κ1) is 68.0. The highest BCUT2D eigenvalue weighted by Gasteiger charge is 2.49. The van der Waals surface area contributed by atoms with Crippen LogP contribution in [0, 0.1) is 5.41 Å². The molecule has 3 N–H and O–H groups in total. The first-order valence-electron chi connectivity index (χ1n) is 31.4. The summed E-state index contributed by atoms with van der Waals surface area (Å²) in [6.07, 6.45) is 9.42. The number of nitrogens with one attached hydrogen (secondary N) is 3. The van der Waals surface area contributed by atoms with Crippen molar-refractivity contribution in [3.63, 3.8) is 0 Å². The topological polar surface area (TPSA) is 189 Å². The molecule has 16 nitrogen and oxygen atoms in total. The summed E-state index contributed by atoms with van der Waals surface area (Å²) in [7, 11) is -11.0. The normalized spacial score (nSPS) is 19.1. The van der Waals surface area contributed by atoms with Crippen LogP contribution in [-0.2, 0) is 36.0 Å². The standard InChI is InChI=1S/C67H80ClF3N8O8S4/c1-66(2)30-28-55(47-16-20-50(68)21-17-47)49(43-66)44-77-37-39-78(40-38-77)52-22-18-48(19-23-52)63(81)74-91(86,87)54-24-25-58(61(42-54)90(84,85)67(69,70)71)72-51(46-89-53-12-7-6-8-13-53)29-32-76-35-33-75(34-36-76)31-9-4-3-5-10-41-88-60-15-11-14-56-57(60)45-79(65(56)83)59-26-27-62(80)73-64(59)82/h6-8,11-25,42,51,59,72H,3-5,9-10,26-41,43-46H2,1-2H3,(H,74,81)(H,73,80,82)/t51-,59?/m1/s1. The van der Waals surface area contributed by atoms with Crippen LogP contribution < -0.4 is 20.3 Å². The Morgan fingerprint density at radius 2 is 1.44 bits per heavy atom. The van der Waals surface area contributed by atoms with Crippen molar-refractivity contribution in [2.24, 2.45) is 5.41 Å². The Morgan fingerprint density at radius 1 is 0.758 bits per heavy atom. The number of carbonyl (C=O) groups is 4. The van der Waals surface area contributed by atoms with E-state index in [2.05, 4.69) is 56.2 Å². The molecular formula is C67H80ClF3N8O8S4. The summed E-state index contributed by atoms with van der Waals surface area (Å²) < 4.78 is 99.9. The number of imide groups is 1. The van der Waals surface area contributed by atoms with Crippen LogP contribution in [0.5, 0.6) is 0 Å². The Bertz CT molecular complexity index is 3680. The lowest BCUT2D eigenvalue weighted by Crippen LogP contribution is -2.52. The molecule has 24 heteroatoms. The molecule has 5 aromatic rings. The number of alkyl halides is 3. The fourth-order valence-corrected chi connectivity index (χ4v) is 17.0. The maximum absolute atomic E-state index is 14.5. The second-order valence-corrected chi connectivity index (χ2v) is 31.3. The van der Waals surface area contributed by atoms with Crippen molar-refractivity contribution in [2.75, 3.05) is 93.7 Å². The van der Waals surface area contributed by atoms with Gasteiger partial charge >= 0.3 is 5.51 Å². The number of piperazine rings is 2. The molecule has 0 aromatic heterocycles. The van der Waals surface area contributed by atoms with E-state index in [1.807, 2.05) is 59.3 Å². The van der Waals surface area contributed by atoms with E-state index in [0.29, 0.717) is 48.3 Å². The van der Waals surface area contributed by atoms with E-state index < -0.39 is 64.7 Å². The summed E-state index contributed by atoms with van der Waals surface area (Å²) >= 11 is 9.41. The van der Waals surface area contributed by atoms with Gasteiger partial charge in [-0.05, 0) is 158 Å². The fourth-order valence-electron chi connectivity index (χ4n) is 12.7. The highest BCUT2D eigenvalue weighted by Crippen LogP contribution is 2.44. The van der Waals surface area contributed by atoms with Gasteiger partial charge in [0.05, 0.1) is 10.6 Å². The number of unbranched alkanes of at least 4 members (excludes halogenated alkanes) is 4. The van der Waals surface area contributed by atoms with E-state index >= 15 is 0 Å². The quantitative estimate of drug-likeness (QED) is 0.0269. The summed E-state index contributed by atoms with van der Waals surface area (Å²) in [4.78, 5) is 61.9. The third kappa shape index (κ3) is 17.5. The number of allylic oxidation sites excluding steroid dienone is 1. The lowest BCUT2D eigenvalue weighted by atomic mass is 9.73. The lowest BCUT2D eigenvalue weighted by molar-refractivity contribution is -0.136. The molecule has 91 heavy (non-hydrogen) atoms. The second-order valence-electron chi connectivity index (χ2n) is 25.0. The number of nitrogens with zero attached hydrogens (tertiary/aromatic N) is 5. The number of sulfone groups is 1. The summed E-state index contributed by atoms with van der Waals surface area (Å²) in [6.45, 7) is 13.7. The van der Waals surface area contributed by atoms with Crippen LogP contribution in [0.4, 0.5) is 24.5 Å². The minimum atomic E-state index is -6.11. The number of sulfonamides is 1. The third-order valence-electron chi connectivity index (χ3n) is 18.0. The van der Waals surface area contributed by atoms with Gasteiger partial charge < -0.3 is 24.9 Å². The molecule has 488 valence electrons. The molecule has 2 atom stereocenters. The van der Waals surface area contributed by atoms with Gasteiger partial charge in [0, 0.05) is 122 Å². The number of carbonyl (C=O) groups excluding carboxylic acids is 4. The maximum atomic E-state index is 14.5. The Hall–Kier alpha value is -5.92. The molecule has 3 fully saturated rings. The van der Waals surface area contributed by atoms with Gasteiger partial charge in [0.15, 0.2) is 0 Å². The first-order chi connectivity index (χ1) is 43.5. The van der Waals surface area contributed by atoms with Gasteiger partial charge in [0.2, 0.25) is 11.8 Å². The van der Waals surface area contributed by atoms with Crippen LogP contribution >= 0.6 is 35.1 Å². The smallest absolute Gasteiger partial charge is 0.380 e. The summed E-state index contributed by atoms with van der Waals surface area (Å²) in [5.41, 5.74) is 0.450. The van der Waals surface area contributed by atoms with Crippen LogP contribution in [0.3, 0.4) is 0 Å². The second kappa shape index (κ2) is 30.0. The van der Waals surface area contributed by atoms with Crippen LogP contribution in [0.1, 0.15) is 116 Å². The minimum absolute atomic E-state index is 0.0118. The molecule has 0 saturated carbocycles. The number of rotatable bonds is 26. The average Bonchev–Trinajstić information content (AvgIpc) is 1.86. The van der Waals surface area contributed by atoms with Gasteiger partial charge in [-0.25, -0.2) is 21.6 Å². The Balaban J connectivity index is 0.695. The van der Waals surface area contributed by atoms with Gasteiger partial charge in [0.1, 0.15) is 10.9 Å². The first-order valence-corrected chi connectivity index (χ1v) is 36.7. The van der Waals surface area contributed by atoms with Gasteiger partial charge in [-0.1, -0.05) is 86.7 Å². The van der Waals surface area contributed by atoms with E-state index in [4.69, 9.17) is 11.6 Å². The zero-order valence-corrected chi connectivity index (χ0v) is 55.5. The van der Waals surface area contributed by atoms with Crippen molar-refractivity contribution in [3.05, 3.63) is 148 Å². The molecule has 3 saturated heterocycles. The number of halogens is 4. The Labute approximate surface area is 546 Å². The van der Waals surface area contributed by atoms with Crippen molar-refractivity contribution in [1.82, 2.24) is 29.6 Å². The zero-order chi connectivity index (χ0) is 64.5. The molecule has 1 unspecified atom stereocenters. The molecule has 5 aliphatic rings. The predicted molar refractivity (Wildman–Crippen MR) is 354 cm³/mol. The van der Waals surface area contributed by atoms with E-state index in [1.54, 1.807) is 34.9 Å². The van der Waals surface area contributed by atoms with Crippen LogP contribution in [0.2, 0.25) is 5.02 Å². The number of fused-ring (bicyclic) bond motifs is 1. The van der Waals surface area contributed by atoms with Crippen LogP contribution in [0.25, 0.3) is 5.57 Å². The molecule has 4 aliphatic heterocycles. The number of hydrogen-bond acceptors (Lipinski definition) is 15. The molecule has 0 spiro atoms. The highest BCUT2D eigenvalue weighted by molar-refractivity contribution is 7.99. The van der Waals surface area contributed by atoms with Crippen molar-refractivity contribution in [2.45, 2.75) is 128 Å². The molecule has 0 bridgehead atoms. The van der Waals surface area contributed by atoms with E-state index in [9.17, 15) is 49.2 Å². The van der Waals surface area contributed by atoms with E-state index in [0.717, 1.165) is 156 Å². The van der Waals surface area contributed by atoms with Gasteiger partial charge in [-0.3, -0.25) is 29.4 Å². The van der Waals surface area contributed by atoms with E-state index in [1.165, 1.54) is 40.6 Å². The maximum Gasteiger partial charge on any atom is 0.501 e.